The summed E-state index contributed by atoms with van der Waals surface area (Å²) in [6.45, 7) is 4.07. The summed E-state index contributed by atoms with van der Waals surface area (Å²) in [5.74, 6) is -0.371. The topological polar surface area (TPSA) is 76.4 Å². The summed E-state index contributed by atoms with van der Waals surface area (Å²) < 4.78 is 13.5. The lowest BCUT2D eigenvalue weighted by molar-refractivity contribution is -0.144. The second kappa shape index (κ2) is 8.84. The number of anilines is 1. The fourth-order valence-corrected chi connectivity index (χ4v) is 6.91. The van der Waals surface area contributed by atoms with Crippen molar-refractivity contribution in [3.8, 4) is 0 Å². The number of hydrazone groups is 1. The van der Waals surface area contributed by atoms with Crippen LogP contribution in [0.1, 0.15) is 49.9 Å². The van der Waals surface area contributed by atoms with Gasteiger partial charge in [0.1, 0.15) is 12.1 Å². The van der Waals surface area contributed by atoms with E-state index in [-0.39, 0.29) is 36.5 Å². The Balaban J connectivity index is 1.18. The summed E-state index contributed by atoms with van der Waals surface area (Å²) in [6.07, 6.45) is 6.31. The maximum absolute atomic E-state index is 13.6. The quantitative estimate of drug-likeness (QED) is 0.362. The van der Waals surface area contributed by atoms with E-state index in [0.29, 0.717) is 11.4 Å². The molecule has 0 spiro atoms. The van der Waals surface area contributed by atoms with Crippen LogP contribution in [0.2, 0.25) is 0 Å². The first-order chi connectivity index (χ1) is 18.6. The van der Waals surface area contributed by atoms with Gasteiger partial charge in [-0.3, -0.25) is 9.69 Å². The van der Waals surface area contributed by atoms with Gasteiger partial charge in [-0.15, -0.1) is 5.10 Å². The highest BCUT2D eigenvalue weighted by atomic mass is 16.7. The third kappa shape index (κ3) is 3.43. The number of fused-ring (bicyclic) bond motifs is 3. The van der Waals surface area contributed by atoms with E-state index in [9.17, 15) is 9.59 Å². The van der Waals surface area contributed by atoms with Crippen LogP contribution in [-0.2, 0) is 25.5 Å². The normalized spacial score (nSPS) is 24.2. The van der Waals surface area contributed by atoms with Crippen molar-refractivity contribution in [2.75, 3.05) is 24.9 Å². The minimum atomic E-state index is -0.424. The van der Waals surface area contributed by atoms with E-state index < -0.39 is 5.97 Å². The Labute approximate surface area is 221 Å². The number of nitrogens with zero attached hydrogens (tertiary/aromatic N) is 4. The zero-order valence-electron chi connectivity index (χ0n) is 21.4. The van der Waals surface area contributed by atoms with Crippen LogP contribution >= 0.6 is 0 Å². The minimum Gasteiger partial charge on any atom is -0.442 e. The van der Waals surface area contributed by atoms with E-state index in [1.807, 2.05) is 36.4 Å². The second-order valence-corrected chi connectivity index (χ2v) is 10.5. The Morgan fingerprint density at radius 3 is 2.76 bits per heavy atom. The molecule has 2 aromatic carbocycles. The first-order valence-corrected chi connectivity index (χ1v) is 13.4. The van der Waals surface area contributed by atoms with Gasteiger partial charge >= 0.3 is 5.97 Å². The largest absolute Gasteiger partial charge is 0.442 e. The van der Waals surface area contributed by atoms with Crippen LogP contribution in [-0.4, -0.2) is 47.1 Å². The number of hydrogen-bond acceptors (Lipinski definition) is 6. The van der Waals surface area contributed by atoms with Crippen molar-refractivity contribution in [3.05, 3.63) is 71.9 Å². The fraction of sp³-hybridized carbons (Fsp3) is 0.367. The van der Waals surface area contributed by atoms with Crippen molar-refractivity contribution in [1.82, 2.24) is 9.47 Å². The smallest absolute Gasteiger partial charge is 0.357 e. The Kier molecular flexibility index (Phi) is 5.40. The molecule has 1 aromatic heterocycles. The van der Waals surface area contributed by atoms with Crippen molar-refractivity contribution >= 4 is 40.1 Å². The molecule has 4 aliphatic rings. The van der Waals surface area contributed by atoms with Gasteiger partial charge in [-0.2, -0.15) is 5.01 Å². The summed E-state index contributed by atoms with van der Waals surface area (Å²) in [5, 5.41) is 6.82. The molecule has 0 unspecified atom stereocenters. The van der Waals surface area contributed by atoms with Gasteiger partial charge in [-0.05, 0) is 62.1 Å². The first kappa shape index (κ1) is 23.2. The minimum absolute atomic E-state index is 0.0291. The molecular weight excluding hydrogens is 480 g/mol. The SMILES string of the molecule is CC[C@@]12C=C(C(=O)OCOC3=NN(c4ccccc4)C(=O)C3)n3c4c(c5ccccc53)CCN(CCC1)[C@H]42. The number of esters is 1. The third-order valence-corrected chi connectivity index (χ3v) is 8.62. The summed E-state index contributed by atoms with van der Waals surface area (Å²) >= 11 is 0. The third-order valence-electron chi connectivity index (χ3n) is 8.62. The molecule has 4 aliphatic heterocycles. The highest BCUT2D eigenvalue weighted by Gasteiger charge is 2.51. The van der Waals surface area contributed by atoms with E-state index in [1.54, 1.807) is 0 Å². The number of aromatic nitrogens is 1. The number of carbonyl (C=O) groups is 2. The highest BCUT2D eigenvalue weighted by Crippen LogP contribution is 2.57. The molecule has 194 valence electrons. The Hall–Kier alpha value is -3.91. The molecule has 1 fully saturated rings. The Morgan fingerprint density at radius 1 is 1.11 bits per heavy atom. The number of hydrogen-bond donors (Lipinski definition) is 0. The van der Waals surface area contributed by atoms with Crippen LogP contribution in [0.5, 0.6) is 0 Å². The lowest BCUT2D eigenvalue weighted by Gasteiger charge is -2.53. The number of benzene rings is 2. The number of amides is 1. The van der Waals surface area contributed by atoms with Gasteiger partial charge in [0.2, 0.25) is 12.7 Å². The average molecular weight is 511 g/mol. The molecule has 0 aliphatic carbocycles. The standard InChI is InChI=1S/C30H30N4O4/c1-2-30-14-8-15-32-16-13-22-21-11-6-7-12-23(21)33(27(22)28(30)32)24(18-30)29(36)38-19-37-25-17-26(35)34(31-25)20-9-4-3-5-10-20/h3-7,9-12,18,28H,2,8,13-17,19H2,1H3/t28-,30+/m1/s1. The second-order valence-electron chi connectivity index (χ2n) is 10.5. The molecule has 0 N–H and O–H groups in total. The Bertz CT molecular complexity index is 1510. The monoisotopic (exact) mass is 510 g/mol. The molecule has 2 atom stereocenters. The average Bonchev–Trinajstić information content (AvgIpc) is 3.50. The van der Waals surface area contributed by atoms with Gasteiger partial charge in [0.15, 0.2) is 0 Å². The van der Waals surface area contributed by atoms with Crippen LogP contribution in [0.3, 0.4) is 0 Å². The molecule has 8 nitrogen and oxygen atoms in total. The number of rotatable bonds is 5. The molecule has 8 heteroatoms. The summed E-state index contributed by atoms with van der Waals surface area (Å²) in [5.41, 5.74) is 4.78. The molecule has 38 heavy (non-hydrogen) atoms. The molecule has 5 heterocycles. The van der Waals surface area contributed by atoms with Crippen molar-refractivity contribution in [2.24, 2.45) is 10.5 Å². The van der Waals surface area contributed by atoms with Crippen LogP contribution in [0.25, 0.3) is 16.6 Å². The summed E-state index contributed by atoms with van der Waals surface area (Å²) in [7, 11) is 0. The maximum atomic E-state index is 13.6. The van der Waals surface area contributed by atoms with Crippen LogP contribution in [0, 0.1) is 5.41 Å². The van der Waals surface area contributed by atoms with Crippen molar-refractivity contribution in [3.63, 3.8) is 0 Å². The maximum Gasteiger partial charge on any atom is 0.357 e. The summed E-state index contributed by atoms with van der Waals surface area (Å²) in [4.78, 5) is 28.7. The predicted molar refractivity (Wildman–Crippen MR) is 144 cm³/mol. The lowest BCUT2D eigenvalue weighted by Crippen LogP contribution is -2.51. The van der Waals surface area contributed by atoms with E-state index in [1.165, 1.54) is 21.7 Å². The van der Waals surface area contributed by atoms with E-state index >= 15 is 0 Å². The van der Waals surface area contributed by atoms with E-state index in [2.05, 4.69) is 45.8 Å². The first-order valence-electron chi connectivity index (χ1n) is 13.4. The van der Waals surface area contributed by atoms with E-state index in [4.69, 9.17) is 9.47 Å². The van der Waals surface area contributed by atoms with Gasteiger partial charge < -0.3 is 14.0 Å². The van der Waals surface area contributed by atoms with Crippen LogP contribution in [0.15, 0.2) is 65.8 Å². The van der Waals surface area contributed by atoms with Gasteiger partial charge in [0.05, 0.1) is 17.2 Å². The molecule has 1 amide bonds. The van der Waals surface area contributed by atoms with Crippen LogP contribution < -0.4 is 5.01 Å². The molecule has 0 radical (unpaired) electrons. The lowest BCUT2D eigenvalue weighted by atomic mass is 9.66. The van der Waals surface area contributed by atoms with E-state index in [0.717, 1.165) is 44.3 Å². The number of carbonyl (C=O) groups excluding carboxylic acids is 2. The molecule has 3 aromatic rings. The molecule has 0 bridgehead atoms. The van der Waals surface area contributed by atoms with Gasteiger partial charge in [-0.25, -0.2) is 4.79 Å². The number of ether oxygens (including phenoxy) is 2. The molecule has 0 saturated carbocycles. The van der Waals surface area contributed by atoms with Gasteiger partial charge in [-0.1, -0.05) is 43.3 Å². The van der Waals surface area contributed by atoms with Crippen molar-refractivity contribution in [2.45, 2.75) is 45.1 Å². The van der Waals surface area contributed by atoms with Crippen molar-refractivity contribution in [1.29, 1.82) is 0 Å². The molecule has 1 saturated heterocycles. The van der Waals surface area contributed by atoms with Crippen LogP contribution in [0.4, 0.5) is 5.69 Å². The fourth-order valence-electron chi connectivity index (χ4n) is 6.91. The van der Waals surface area contributed by atoms with Gasteiger partial charge in [0.25, 0.3) is 5.91 Å². The van der Waals surface area contributed by atoms with Crippen molar-refractivity contribution < 1.29 is 19.1 Å². The molecule has 7 rings (SSSR count). The van der Waals surface area contributed by atoms with Gasteiger partial charge in [0, 0.05) is 23.0 Å². The Morgan fingerprint density at radius 2 is 1.92 bits per heavy atom. The number of para-hydroxylation sites is 2. The highest BCUT2D eigenvalue weighted by molar-refractivity contribution is 6.13. The number of piperidine rings is 1. The summed E-state index contributed by atoms with van der Waals surface area (Å²) in [6, 6.07) is 17.8. The zero-order chi connectivity index (χ0) is 25.9. The predicted octanol–water partition coefficient (Wildman–Crippen LogP) is 4.85. The zero-order valence-corrected chi connectivity index (χ0v) is 21.4. The molecular formula is C30H30N4O4.